The minimum atomic E-state index is 0. The van der Waals surface area contributed by atoms with Crippen LogP contribution in [-0.2, 0) is 21.9 Å². The molecule has 1 nitrogen and oxygen atoms in total. The Balaban J connectivity index is -0.0000000450. The van der Waals surface area contributed by atoms with E-state index < -0.39 is 0 Å². The van der Waals surface area contributed by atoms with Gasteiger partial charge in [0.2, 0.25) is 0 Å². The molecule has 0 aromatic carbocycles. The summed E-state index contributed by atoms with van der Waals surface area (Å²) in [7, 11) is 0. The van der Waals surface area contributed by atoms with E-state index in [2.05, 4.69) is 6.58 Å². The Kier molecular flexibility index (Phi) is 52.6. The van der Waals surface area contributed by atoms with Gasteiger partial charge in [-0.05, 0) is 6.29 Å². The largest absolute Gasteiger partial charge is 0.419 e. The predicted molar refractivity (Wildman–Crippen MR) is 21.6 cm³/mol. The van der Waals surface area contributed by atoms with Crippen molar-refractivity contribution in [1.29, 1.82) is 0 Å². The van der Waals surface area contributed by atoms with Crippen molar-refractivity contribution < 1.29 is 21.9 Å². The zero-order chi connectivity index (χ0) is 3.41. The van der Waals surface area contributed by atoms with E-state index in [4.69, 9.17) is 4.79 Å². The molecule has 0 aliphatic carbocycles. The second kappa shape index (κ2) is 19.2. The average Bonchev–Trinajstić information content (AvgIpc) is 1.37. The summed E-state index contributed by atoms with van der Waals surface area (Å²) in [5, 5.41) is 0. The van der Waals surface area contributed by atoms with Crippen molar-refractivity contribution >= 4 is 17.3 Å². The van der Waals surface area contributed by atoms with Crippen molar-refractivity contribution in [2.24, 2.45) is 0 Å². The molecule has 0 spiro atoms. The van der Waals surface area contributed by atoms with Crippen LogP contribution >= 0.6 is 0 Å². The first-order chi connectivity index (χ1) is 1.91. The molecule has 0 amide bonds. The molecule has 0 aliphatic rings. The molecule has 0 atom stereocenters. The molecule has 0 saturated carbocycles. The van der Waals surface area contributed by atoms with E-state index in [1.54, 1.807) is 0 Å². The van der Waals surface area contributed by atoms with Crippen molar-refractivity contribution in [2.45, 2.75) is 0 Å². The van der Waals surface area contributed by atoms with Gasteiger partial charge in [-0.15, -0.1) is 0 Å². The number of hydrogen-bond donors (Lipinski definition) is 0. The standard InChI is InChI=1S/C3H3O.Mn.Si/c1-2-3-4;;/h2H,1H2;;/q-1;;. The van der Waals surface area contributed by atoms with E-state index in [1.165, 1.54) is 6.29 Å². The van der Waals surface area contributed by atoms with Crippen LogP contribution in [0.2, 0.25) is 0 Å². The summed E-state index contributed by atoms with van der Waals surface area (Å²) in [5.41, 5.74) is 0. The molecule has 6 heavy (non-hydrogen) atoms. The SMILES string of the molecule is C=C[C-]=O.[Mn].[Si]. The van der Waals surface area contributed by atoms with E-state index >= 15 is 0 Å². The smallest absolute Gasteiger partial charge is 0 e. The molecule has 0 N–H and O–H groups in total. The van der Waals surface area contributed by atoms with Crippen molar-refractivity contribution in [3.63, 3.8) is 0 Å². The minimum Gasteiger partial charge on any atom is -0.419 e. The van der Waals surface area contributed by atoms with Crippen LogP contribution in [0, 0.1) is 0 Å². The van der Waals surface area contributed by atoms with Gasteiger partial charge in [0.05, 0.1) is 0 Å². The Morgan fingerprint density at radius 2 is 1.83 bits per heavy atom. The van der Waals surface area contributed by atoms with Crippen LogP contribution in [-0.4, -0.2) is 17.3 Å². The van der Waals surface area contributed by atoms with Crippen LogP contribution in [0.25, 0.3) is 0 Å². The average molecular weight is 138 g/mol. The van der Waals surface area contributed by atoms with Gasteiger partial charge in [-0.2, -0.15) is 0 Å². The molecular formula is C3H3MnOSi-. The molecule has 33 valence electrons. The second-order valence-electron chi connectivity index (χ2n) is 0.322. The summed E-state index contributed by atoms with van der Waals surface area (Å²) in [6.07, 6.45) is 2.51. The molecule has 0 saturated heterocycles. The minimum absolute atomic E-state index is 0. The predicted octanol–water partition coefficient (Wildman–Crippen LogP) is -0.101. The third kappa shape index (κ3) is 31.2. The Hall–Kier alpha value is 0.146. The first kappa shape index (κ1) is 16.4. The molecule has 3 heteroatoms. The molecule has 0 fully saturated rings. The van der Waals surface area contributed by atoms with Crippen LogP contribution in [0.3, 0.4) is 0 Å². The van der Waals surface area contributed by atoms with Gasteiger partial charge < -0.3 is 4.79 Å². The summed E-state index contributed by atoms with van der Waals surface area (Å²) >= 11 is 0. The Labute approximate surface area is 52.3 Å². The fraction of sp³-hybridized carbons (Fsp3) is 0. The van der Waals surface area contributed by atoms with Gasteiger partial charge in [0.1, 0.15) is 0 Å². The van der Waals surface area contributed by atoms with Crippen LogP contribution in [0.15, 0.2) is 12.7 Å². The maximum atomic E-state index is 8.93. The topological polar surface area (TPSA) is 17.1 Å². The number of allylic oxidation sites excluding steroid dienone is 1. The Morgan fingerprint density at radius 1 is 1.67 bits per heavy atom. The molecule has 0 unspecified atom stereocenters. The van der Waals surface area contributed by atoms with Crippen LogP contribution in [0.4, 0.5) is 0 Å². The van der Waals surface area contributed by atoms with E-state index in [1.807, 2.05) is 0 Å². The third-order valence-electron chi connectivity index (χ3n) is 0.0833. The van der Waals surface area contributed by atoms with Gasteiger partial charge in [0, 0.05) is 28.0 Å². The van der Waals surface area contributed by atoms with E-state index in [-0.39, 0.29) is 28.0 Å². The van der Waals surface area contributed by atoms with Crippen LogP contribution in [0.1, 0.15) is 0 Å². The second-order valence-corrected chi connectivity index (χ2v) is 0.322. The van der Waals surface area contributed by atoms with E-state index in [0.29, 0.717) is 0 Å². The maximum Gasteiger partial charge on any atom is 0 e. The molecular weight excluding hydrogens is 135 g/mol. The molecule has 0 aromatic rings. The number of hydrogen-bond acceptors (Lipinski definition) is 1. The van der Waals surface area contributed by atoms with E-state index in [0.717, 1.165) is 6.08 Å². The van der Waals surface area contributed by atoms with Crippen LogP contribution < -0.4 is 0 Å². The first-order valence-corrected chi connectivity index (χ1v) is 0.901. The molecule has 0 aromatic heterocycles. The molecule has 0 rings (SSSR count). The normalized spacial score (nSPS) is 3.33. The summed E-state index contributed by atoms with van der Waals surface area (Å²) in [6, 6.07) is 0. The molecule has 0 aliphatic heterocycles. The monoisotopic (exact) mass is 138 g/mol. The summed E-state index contributed by atoms with van der Waals surface area (Å²) < 4.78 is 0. The van der Waals surface area contributed by atoms with Crippen molar-refractivity contribution in [3.8, 4) is 0 Å². The molecule has 5 radical (unpaired) electrons. The summed E-state index contributed by atoms with van der Waals surface area (Å²) in [4.78, 5) is 8.93. The zero-order valence-corrected chi connectivity index (χ0v) is 5.25. The summed E-state index contributed by atoms with van der Waals surface area (Å²) in [6.45, 7) is 3.06. The van der Waals surface area contributed by atoms with Gasteiger partial charge in [-0.25, -0.2) is 12.7 Å². The number of carbonyl (C=O) groups excluding carboxylic acids is 1. The Morgan fingerprint density at radius 3 is 1.83 bits per heavy atom. The van der Waals surface area contributed by atoms with Crippen molar-refractivity contribution in [3.05, 3.63) is 12.7 Å². The molecule has 0 bridgehead atoms. The first-order valence-electron chi connectivity index (χ1n) is 0.901. The zero-order valence-electron chi connectivity index (χ0n) is 3.07. The quantitative estimate of drug-likeness (QED) is 0.281. The van der Waals surface area contributed by atoms with Gasteiger partial charge in [0.25, 0.3) is 0 Å². The van der Waals surface area contributed by atoms with Gasteiger partial charge in [-0.1, -0.05) is 0 Å². The van der Waals surface area contributed by atoms with Gasteiger partial charge >= 0.3 is 0 Å². The Bertz CT molecular complexity index is 31.8. The van der Waals surface area contributed by atoms with Crippen molar-refractivity contribution in [1.82, 2.24) is 0 Å². The fourth-order valence-corrected chi connectivity index (χ4v) is 0. The van der Waals surface area contributed by atoms with Gasteiger partial charge in [-0.3, -0.25) is 0 Å². The summed E-state index contributed by atoms with van der Waals surface area (Å²) in [5.74, 6) is 0. The van der Waals surface area contributed by atoms with E-state index in [9.17, 15) is 0 Å². The fourth-order valence-electron chi connectivity index (χ4n) is 0. The van der Waals surface area contributed by atoms with Gasteiger partial charge in [0.15, 0.2) is 0 Å². The van der Waals surface area contributed by atoms with Crippen LogP contribution in [0.5, 0.6) is 0 Å². The third-order valence-corrected chi connectivity index (χ3v) is 0.0833. The molecule has 0 heterocycles. The number of rotatable bonds is 1. The van der Waals surface area contributed by atoms with Crippen molar-refractivity contribution in [2.75, 3.05) is 0 Å². The maximum absolute atomic E-state index is 8.93.